The second-order valence-electron chi connectivity index (χ2n) is 6.47. The molecule has 1 atom stereocenters. The fourth-order valence-electron chi connectivity index (χ4n) is 3.61. The van der Waals surface area contributed by atoms with Crippen LogP contribution < -0.4 is 0 Å². The number of aromatic nitrogens is 2. The van der Waals surface area contributed by atoms with Gasteiger partial charge in [-0.15, -0.1) is 0 Å². The van der Waals surface area contributed by atoms with Gasteiger partial charge in [-0.2, -0.15) is 0 Å². The first-order chi connectivity index (χ1) is 9.78. The van der Waals surface area contributed by atoms with Gasteiger partial charge in [-0.1, -0.05) is 6.92 Å². The van der Waals surface area contributed by atoms with Gasteiger partial charge >= 0.3 is 0 Å². The summed E-state index contributed by atoms with van der Waals surface area (Å²) < 4.78 is 2.31. The molecular weight excluding hydrogens is 250 g/mol. The van der Waals surface area contributed by atoms with Crippen LogP contribution >= 0.6 is 0 Å². The van der Waals surface area contributed by atoms with Crippen LogP contribution in [0.4, 0.5) is 0 Å². The maximum atomic E-state index is 9.29. The zero-order valence-electron chi connectivity index (χ0n) is 12.6. The maximum absolute atomic E-state index is 9.29. The standard InChI is InChI=1S/C16H27N3O/c1-2-18-6-3-13(4-7-18)9-15-11-19-8-5-14(12-20)10-16(19)17-15/h11,13-14,20H,2-10,12H2,1H3. The molecule has 3 heterocycles. The van der Waals surface area contributed by atoms with Gasteiger partial charge in [0.15, 0.2) is 0 Å². The van der Waals surface area contributed by atoms with E-state index in [2.05, 4.69) is 22.6 Å². The predicted octanol–water partition coefficient (Wildman–Crippen LogP) is 1.71. The van der Waals surface area contributed by atoms with Crippen LogP contribution in [0.1, 0.15) is 37.7 Å². The molecule has 1 N–H and O–H groups in total. The van der Waals surface area contributed by atoms with E-state index in [-0.39, 0.29) is 0 Å². The summed E-state index contributed by atoms with van der Waals surface area (Å²) >= 11 is 0. The second-order valence-corrected chi connectivity index (χ2v) is 6.47. The largest absolute Gasteiger partial charge is 0.396 e. The summed E-state index contributed by atoms with van der Waals surface area (Å²) in [5, 5.41) is 9.29. The average molecular weight is 277 g/mol. The van der Waals surface area contributed by atoms with E-state index < -0.39 is 0 Å². The highest BCUT2D eigenvalue weighted by molar-refractivity contribution is 5.08. The molecule has 0 radical (unpaired) electrons. The Balaban J connectivity index is 1.58. The fourth-order valence-corrected chi connectivity index (χ4v) is 3.61. The van der Waals surface area contributed by atoms with Crippen LogP contribution in [-0.2, 0) is 19.4 Å². The number of rotatable bonds is 4. The maximum Gasteiger partial charge on any atom is 0.109 e. The van der Waals surface area contributed by atoms with Gasteiger partial charge in [0.25, 0.3) is 0 Å². The first kappa shape index (κ1) is 14.1. The molecule has 1 aromatic heterocycles. The Morgan fingerprint density at radius 2 is 1.95 bits per heavy atom. The number of nitrogens with zero attached hydrogens (tertiary/aromatic N) is 3. The Kier molecular flexibility index (Phi) is 4.41. The van der Waals surface area contributed by atoms with Crippen molar-refractivity contribution in [2.24, 2.45) is 11.8 Å². The topological polar surface area (TPSA) is 41.3 Å². The van der Waals surface area contributed by atoms with Crippen molar-refractivity contribution in [3.8, 4) is 0 Å². The van der Waals surface area contributed by atoms with Crippen LogP contribution in [-0.4, -0.2) is 45.8 Å². The van der Waals surface area contributed by atoms with Crippen LogP contribution in [0, 0.1) is 11.8 Å². The first-order valence-corrected chi connectivity index (χ1v) is 8.16. The predicted molar refractivity (Wildman–Crippen MR) is 79.7 cm³/mol. The van der Waals surface area contributed by atoms with E-state index in [9.17, 15) is 5.11 Å². The summed E-state index contributed by atoms with van der Waals surface area (Å²) in [5.41, 5.74) is 1.27. The lowest BCUT2D eigenvalue weighted by Crippen LogP contribution is -2.34. The molecule has 20 heavy (non-hydrogen) atoms. The van der Waals surface area contributed by atoms with Crippen LogP contribution in [0.15, 0.2) is 6.20 Å². The Morgan fingerprint density at radius 1 is 1.20 bits per heavy atom. The average Bonchev–Trinajstić information content (AvgIpc) is 2.89. The molecule has 2 aliphatic heterocycles. The van der Waals surface area contributed by atoms with E-state index in [1.54, 1.807) is 0 Å². The number of fused-ring (bicyclic) bond motifs is 1. The second kappa shape index (κ2) is 6.27. The first-order valence-electron chi connectivity index (χ1n) is 8.16. The molecule has 3 rings (SSSR count). The molecule has 112 valence electrons. The third-order valence-corrected chi connectivity index (χ3v) is 5.07. The Hall–Kier alpha value is -0.870. The van der Waals surface area contributed by atoms with E-state index in [1.165, 1.54) is 44.0 Å². The number of imidazole rings is 1. The minimum atomic E-state index is 0.303. The molecule has 0 spiro atoms. The summed E-state index contributed by atoms with van der Waals surface area (Å²) in [7, 11) is 0. The Labute approximate surface area is 121 Å². The van der Waals surface area contributed by atoms with Crippen molar-refractivity contribution in [1.29, 1.82) is 0 Å². The van der Waals surface area contributed by atoms with Gasteiger partial charge in [-0.25, -0.2) is 4.98 Å². The highest BCUT2D eigenvalue weighted by Crippen LogP contribution is 2.24. The fraction of sp³-hybridized carbons (Fsp3) is 0.812. The quantitative estimate of drug-likeness (QED) is 0.911. The zero-order valence-corrected chi connectivity index (χ0v) is 12.6. The highest BCUT2D eigenvalue weighted by atomic mass is 16.3. The van der Waals surface area contributed by atoms with E-state index in [0.717, 1.165) is 31.7 Å². The molecule has 0 aromatic carbocycles. The highest BCUT2D eigenvalue weighted by Gasteiger charge is 2.23. The summed E-state index contributed by atoms with van der Waals surface area (Å²) in [6.45, 7) is 7.28. The molecule has 4 nitrogen and oxygen atoms in total. The Morgan fingerprint density at radius 3 is 2.65 bits per heavy atom. The van der Waals surface area contributed by atoms with Crippen LogP contribution in [0.5, 0.6) is 0 Å². The Bertz CT molecular complexity index is 435. The van der Waals surface area contributed by atoms with Crippen molar-refractivity contribution in [1.82, 2.24) is 14.5 Å². The molecule has 2 aliphatic rings. The molecule has 1 unspecified atom stereocenters. The molecule has 0 aliphatic carbocycles. The van der Waals surface area contributed by atoms with E-state index in [1.807, 2.05) is 0 Å². The smallest absolute Gasteiger partial charge is 0.109 e. The summed E-state index contributed by atoms with van der Waals surface area (Å²) in [6, 6.07) is 0. The van der Waals surface area contributed by atoms with Crippen LogP contribution in [0.3, 0.4) is 0 Å². The molecule has 1 saturated heterocycles. The van der Waals surface area contributed by atoms with Gasteiger partial charge in [0.1, 0.15) is 5.82 Å². The van der Waals surface area contributed by atoms with Crippen molar-refractivity contribution in [2.75, 3.05) is 26.2 Å². The van der Waals surface area contributed by atoms with Crippen molar-refractivity contribution in [3.05, 3.63) is 17.7 Å². The van der Waals surface area contributed by atoms with Crippen molar-refractivity contribution < 1.29 is 5.11 Å². The van der Waals surface area contributed by atoms with E-state index in [4.69, 9.17) is 4.98 Å². The molecule has 1 fully saturated rings. The zero-order chi connectivity index (χ0) is 13.9. The molecule has 0 saturated carbocycles. The van der Waals surface area contributed by atoms with Gasteiger partial charge in [0.2, 0.25) is 0 Å². The summed E-state index contributed by atoms with van der Waals surface area (Å²) in [6.07, 6.45) is 8.07. The van der Waals surface area contributed by atoms with Gasteiger partial charge < -0.3 is 14.6 Å². The van der Waals surface area contributed by atoms with Gasteiger partial charge in [0, 0.05) is 25.8 Å². The SMILES string of the molecule is CCN1CCC(Cc2cn3c(n2)CC(CO)CC3)CC1. The number of piperidine rings is 1. The number of hydrogen-bond acceptors (Lipinski definition) is 3. The molecule has 0 amide bonds. The van der Waals surface area contributed by atoms with E-state index >= 15 is 0 Å². The van der Waals surface area contributed by atoms with Crippen molar-refractivity contribution in [2.45, 2.75) is 45.6 Å². The lowest BCUT2D eigenvalue weighted by atomic mass is 9.92. The summed E-state index contributed by atoms with van der Waals surface area (Å²) in [4.78, 5) is 7.36. The third kappa shape index (κ3) is 3.07. The number of likely N-dealkylation sites (tertiary alicyclic amines) is 1. The lowest BCUT2D eigenvalue weighted by molar-refractivity contribution is 0.191. The monoisotopic (exact) mass is 277 g/mol. The molecular formula is C16H27N3O. The molecule has 0 bridgehead atoms. The summed E-state index contributed by atoms with van der Waals surface area (Å²) in [5.74, 6) is 2.42. The number of aliphatic hydroxyl groups is 1. The van der Waals surface area contributed by atoms with Crippen LogP contribution in [0.25, 0.3) is 0 Å². The third-order valence-electron chi connectivity index (χ3n) is 5.07. The van der Waals surface area contributed by atoms with Crippen molar-refractivity contribution >= 4 is 0 Å². The van der Waals surface area contributed by atoms with Gasteiger partial charge in [-0.05, 0) is 57.2 Å². The van der Waals surface area contributed by atoms with Crippen molar-refractivity contribution in [3.63, 3.8) is 0 Å². The van der Waals surface area contributed by atoms with Crippen LogP contribution in [0.2, 0.25) is 0 Å². The lowest BCUT2D eigenvalue weighted by Gasteiger charge is -2.30. The number of aryl methyl sites for hydroxylation is 1. The minimum absolute atomic E-state index is 0.303. The molecule has 1 aromatic rings. The van der Waals surface area contributed by atoms with E-state index in [0.29, 0.717) is 12.5 Å². The van der Waals surface area contributed by atoms with Gasteiger partial charge in [-0.3, -0.25) is 0 Å². The number of aliphatic hydroxyl groups excluding tert-OH is 1. The normalized spacial score (nSPS) is 24.8. The minimum Gasteiger partial charge on any atom is -0.396 e. The number of hydrogen-bond donors (Lipinski definition) is 1. The van der Waals surface area contributed by atoms with Gasteiger partial charge in [0.05, 0.1) is 5.69 Å². The molecule has 4 heteroatoms.